The molecular weight excluding hydrogens is 356 g/mol. The predicted octanol–water partition coefficient (Wildman–Crippen LogP) is 4.81. The molecule has 2 fully saturated rings. The maximum atomic E-state index is 13.0. The van der Waals surface area contributed by atoms with Gasteiger partial charge in [0.05, 0.1) is 0 Å². The Hall–Kier alpha value is -2.65. The Morgan fingerprint density at radius 2 is 1.55 bits per heavy atom. The third-order valence-electron chi connectivity index (χ3n) is 6.76. The molecule has 2 bridgehead atoms. The van der Waals surface area contributed by atoms with Gasteiger partial charge in [-0.25, -0.2) is 0 Å². The summed E-state index contributed by atoms with van der Waals surface area (Å²) in [5.41, 5.74) is 2.21. The molecule has 29 heavy (non-hydrogen) atoms. The number of nitrogens with zero attached hydrogens (tertiary/aromatic N) is 1. The second kappa shape index (κ2) is 8.00. The van der Waals surface area contributed by atoms with Gasteiger partial charge in [0.15, 0.2) is 0 Å². The minimum absolute atomic E-state index is 0.0731. The lowest BCUT2D eigenvalue weighted by Gasteiger charge is -2.39. The third kappa shape index (κ3) is 3.79. The van der Waals surface area contributed by atoms with Gasteiger partial charge in [0, 0.05) is 30.2 Å². The molecule has 1 amide bonds. The van der Waals surface area contributed by atoms with Crippen molar-refractivity contribution in [3.8, 4) is 0 Å². The lowest BCUT2D eigenvalue weighted by Crippen LogP contribution is -2.50. The molecule has 3 nitrogen and oxygen atoms in total. The lowest BCUT2D eigenvalue weighted by molar-refractivity contribution is 0.0849. The van der Waals surface area contributed by atoms with E-state index >= 15 is 0 Å². The second-order valence-corrected chi connectivity index (χ2v) is 8.53. The molecular formula is C26H28N2O. The van der Waals surface area contributed by atoms with Gasteiger partial charge >= 0.3 is 0 Å². The quantitative estimate of drug-likeness (QED) is 0.685. The minimum Gasteiger partial charge on any atom is -0.349 e. The van der Waals surface area contributed by atoms with Crippen molar-refractivity contribution in [1.82, 2.24) is 10.2 Å². The van der Waals surface area contributed by atoms with Gasteiger partial charge in [-0.2, -0.15) is 0 Å². The van der Waals surface area contributed by atoms with Crippen LogP contribution in [0.25, 0.3) is 10.8 Å². The third-order valence-corrected chi connectivity index (χ3v) is 6.76. The second-order valence-electron chi connectivity index (χ2n) is 8.53. The van der Waals surface area contributed by atoms with Crippen molar-refractivity contribution in [2.24, 2.45) is 0 Å². The highest BCUT2D eigenvalue weighted by atomic mass is 16.1. The van der Waals surface area contributed by atoms with Crippen molar-refractivity contribution in [1.29, 1.82) is 0 Å². The van der Waals surface area contributed by atoms with E-state index in [0.29, 0.717) is 12.1 Å². The van der Waals surface area contributed by atoms with Gasteiger partial charge < -0.3 is 5.32 Å². The Morgan fingerprint density at radius 1 is 0.862 bits per heavy atom. The van der Waals surface area contributed by atoms with Crippen LogP contribution in [0.15, 0.2) is 72.8 Å². The fourth-order valence-corrected chi connectivity index (χ4v) is 5.35. The van der Waals surface area contributed by atoms with E-state index in [4.69, 9.17) is 0 Å². The first-order valence-electron chi connectivity index (χ1n) is 10.9. The molecule has 0 aromatic heterocycles. The molecule has 0 spiro atoms. The van der Waals surface area contributed by atoms with E-state index in [1.807, 2.05) is 30.3 Å². The Kier molecular flexibility index (Phi) is 5.07. The summed E-state index contributed by atoms with van der Waals surface area (Å²) in [5.74, 6) is 0.0731. The van der Waals surface area contributed by atoms with Crippen molar-refractivity contribution < 1.29 is 4.79 Å². The predicted molar refractivity (Wildman–Crippen MR) is 118 cm³/mol. The van der Waals surface area contributed by atoms with Crippen LogP contribution in [0, 0.1) is 0 Å². The molecule has 2 aliphatic heterocycles. The molecule has 2 aliphatic rings. The molecule has 2 atom stereocenters. The summed E-state index contributed by atoms with van der Waals surface area (Å²) in [7, 11) is 0. The molecule has 148 valence electrons. The van der Waals surface area contributed by atoms with Gasteiger partial charge in [0.1, 0.15) is 0 Å². The summed E-state index contributed by atoms with van der Waals surface area (Å²) >= 11 is 0. The molecule has 1 N–H and O–H groups in total. The van der Waals surface area contributed by atoms with Crippen molar-refractivity contribution >= 4 is 16.7 Å². The van der Waals surface area contributed by atoms with Crippen LogP contribution in [0.4, 0.5) is 0 Å². The van der Waals surface area contributed by atoms with Crippen LogP contribution in [0.5, 0.6) is 0 Å². The van der Waals surface area contributed by atoms with E-state index in [0.717, 1.165) is 42.1 Å². The number of hydrogen-bond donors (Lipinski definition) is 1. The summed E-state index contributed by atoms with van der Waals surface area (Å²) in [6.45, 7) is 1.13. The Balaban J connectivity index is 1.23. The lowest BCUT2D eigenvalue weighted by atomic mass is 9.95. The molecule has 0 radical (unpaired) electrons. The van der Waals surface area contributed by atoms with E-state index in [1.54, 1.807) is 0 Å². The topological polar surface area (TPSA) is 32.3 Å². The first-order chi connectivity index (χ1) is 14.3. The molecule has 3 aromatic rings. The van der Waals surface area contributed by atoms with Gasteiger partial charge in [-0.3, -0.25) is 9.69 Å². The fourth-order valence-electron chi connectivity index (χ4n) is 5.35. The van der Waals surface area contributed by atoms with Gasteiger partial charge in [-0.15, -0.1) is 0 Å². The zero-order valence-corrected chi connectivity index (χ0v) is 16.8. The number of fused-ring (bicyclic) bond motifs is 3. The summed E-state index contributed by atoms with van der Waals surface area (Å²) in [5, 5.41) is 5.52. The maximum Gasteiger partial charge on any atom is 0.252 e. The van der Waals surface area contributed by atoms with Crippen LogP contribution in [0.2, 0.25) is 0 Å². The average molecular weight is 385 g/mol. The van der Waals surface area contributed by atoms with Crippen molar-refractivity contribution in [3.05, 3.63) is 83.9 Å². The number of piperidine rings is 1. The monoisotopic (exact) mass is 384 g/mol. The van der Waals surface area contributed by atoms with Crippen LogP contribution < -0.4 is 5.32 Å². The zero-order chi connectivity index (χ0) is 19.6. The van der Waals surface area contributed by atoms with Gasteiger partial charge in [0.25, 0.3) is 5.91 Å². The van der Waals surface area contributed by atoms with Gasteiger partial charge in [-0.05, 0) is 54.5 Å². The average Bonchev–Trinajstić information content (AvgIpc) is 3.00. The number of carbonyl (C=O) groups is 1. The summed E-state index contributed by atoms with van der Waals surface area (Å²) in [6.07, 6.45) is 5.78. The normalized spacial score (nSPS) is 23.9. The SMILES string of the molecule is O=C(NC1CC2CCC(C1)N2CCc1ccccc1)c1cccc2ccccc12. The van der Waals surface area contributed by atoms with Crippen LogP contribution >= 0.6 is 0 Å². The summed E-state index contributed by atoms with van der Waals surface area (Å²) < 4.78 is 0. The Labute approximate surface area is 172 Å². The Bertz CT molecular complexity index is 981. The summed E-state index contributed by atoms with van der Waals surface area (Å²) in [6, 6.07) is 26.4. The first kappa shape index (κ1) is 18.4. The first-order valence-corrected chi connectivity index (χ1v) is 10.9. The Morgan fingerprint density at radius 3 is 2.34 bits per heavy atom. The molecule has 0 saturated carbocycles. The maximum absolute atomic E-state index is 13.0. The molecule has 2 unspecified atom stereocenters. The van der Waals surface area contributed by atoms with Crippen LogP contribution in [0.3, 0.4) is 0 Å². The molecule has 0 aliphatic carbocycles. The largest absolute Gasteiger partial charge is 0.349 e. The smallest absolute Gasteiger partial charge is 0.252 e. The molecule has 2 heterocycles. The summed E-state index contributed by atoms with van der Waals surface area (Å²) in [4.78, 5) is 15.7. The number of rotatable bonds is 5. The number of hydrogen-bond acceptors (Lipinski definition) is 2. The molecule has 3 aromatic carbocycles. The molecule has 5 rings (SSSR count). The molecule has 2 saturated heterocycles. The van der Waals surface area contributed by atoms with E-state index in [-0.39, 0.29) is 11.9 Å². The van der Waals surface area contributed by atoms with Crippen LogP contribution in [-0.4, -0.2) is 35.5 Å². The zero-order valence-electron chi connectivity index (χ0n) is 16.8. The minimum atomic E-state index is 0.0731. The van der Waals surface area contributed by atoms with Crippen LogP contribution in [-0.2, 0) is 6.42 Å². The van der Waals surface area contributed by atoms with Gasteiger partial charge in [-0.1, -0.05) is 66.7 Å². The van der Waals surface area contributed by atoms with Crippen molar-refractivity contribution in [2.75, 3.05) is 6.54 Å². The number of nitrogens with one attached hydrogen (secondary N) is 1. The van der Waals surface area contributed by atoms with Gasteiger partial charge in [0.2, 0.25) is 0 Å². The van der Waals surface area contributed by atoms with E-state index in [9.17, 15) is 4.79 Å². The van der Waals surface area contributed by atoms with E-state index in [1.165, 1.54) is 18.4 Å². The van der Waals surface area contributed by atoms with Crippen LogP contribution in [0.1, 0.15) is 41.6 Å². The van der Waals surface area contributed by atoms with Crippen molar-refractivity contribution in [2.45, 2.75) is 50.2 Å². The van der Waals surface area contributed by atoms with E-state index < -0.39 is 0 Å². The highest BCUT2D eigenvalue weighted by Crippen LogP contribution is 2.36. The highest BCUT2D eigenvalue weighted by molar-refractivity contribution is 6.07. The molecule has 3 heteroatoms. The van der Waals surface area contributed by atoms with Crippen molar-refractivity contribution in [3.63, 3.8) is 0 Å². The fraction of sp³-hybridized carbons (Fsp3) is 0.346. The number of carbonyl (C=O) groups excluding carboxylic acids is 1. The highest BCUT2D eigenvalue weighted by Gasteiger charge is 2.40. The number of amides is 1. The number of benzene rings is 3. The van der Waals surface area contributed by atoms with E-state index in [2.05, 4.69) is 52.7 Å². The standard InChI is InChI=1S/C26H28N2O/c29-26(25-12-6-10-20-9-4-5-11-24(20)25)27-21-17-22-13-14-23(18-21)28(22)16-15-19-7-2-1-3-8-19/h1-12,21-23H,13-18H2,(H,27,29).